The predicted octanol–water partition coefficient (Wildman–Crippen LogP) is 15.6. The van der Waals surface area contributed by atoms with Gasteiger partial charge in [-0.25, -0.2) is 15.0 Å². The molecule has 3 nitrogen and oxygen atoms in total. The fourth-order valence-corrected chi connectivity index (χ4v) is 10.0. The zero-order valence-corrected chi connectivity index (χ0v) is 33.5. The summed E-state index contributed by atoms with van der Waals surface area (Å²) in [4.78, 5) is 15.3. The molecule has 0 spiro atoms. The van der Waals surface area contributed by atoms with E-state index in [1.807, 2.05) is 18.2 Å². The summed E-state index contributed by atoms with van der Waals surface area (Å²) < 4.78 is 0. The second kappa shape index (κ2) is 13.6. The lowest BCUT2D eigenvalue weighted by Crippen LogP contribution is -2.00. The average molecular weight is 786 g/mol. The number of hydrogen-bond donors (Lipinski definition) is 0. The molecule has 0 N–H and O–H groups in total. The van der Waals surface area contributed by atoms with E-state index in [-0.39, 0.29) is 0 Å². The van der Waals surface area contributed by atoms with Gasteiger partial charge in [0, 0.05) is 16.7 Å². The average Bonchev–Trinajstić information content (AvgIpc) is 3.68. The van der Waals surface area contributed by atoms with Gasteiger partial charge in [0.25, 0.3) is 0 Å². The van der Waals surface area contributed by atoms with Crippen molar-refractivity contribution in [3.8, 4) is 78.7 Å². The molecule has 12 aromatic rings. The highest BCUT2D eigenvalue weighted by Crippen LogP contribution is 2.49. The van der Waals surface area contributed by atoms with E-state index in [4.69, 9.17) is 15.0 Å². The van der Waals surface area contributed by atoms with Crippen molar-refractivity contribution < 1.29 is 0 Å². The molecule has 13 rings (SSSR count). The number of fused-ring (bicyclic) bond motifs is 11. The summed E-state index contributed by atoms with van der Waals surface area (Å²) in [6, 6.07) is 76.3. The van der Waals surface area contributed by atoms with Crippen LogP contribution in [-0.4, -0.2) is 15.0 Å². The summed E-state index contributed by atoms with van der Waals surface area (Å²) in [6.07, 6.45) is 0. The Hall–Kier alpha value is -8.27. The molecule has 0 unspecified atom stereocenters. The molecule has 0 fully saturated rings. The number of hydrogen-bond acceptors (Lipinski definition) is 3. The number of aromatic nitrogens is 3. The van der Waals surface area contributed by atoms with Gasteiger partial charge in [0.1, 0.15) is 0 Å². The predicted molar refractivity (Wildman–Crippen MR) is 259 cm³/mol. The van der Waals surface area contributed by atoms with Crippen LogP contribution in [0.3, 0.4) is 0 Å². The van der Waals surface area contributed by atoms with Crippen LogP contribution in [0.5, 0.6) is 0 Å². The summed E-state index contributed by atoms with van der Waals surface area (Å²) in [5.41, 5.74) is 12.7. The first-order valence-electron chi connectivity index (χ1n) is 21.2. The summed E-state index contributed by atoms with van der Waals surface area (Å²) in [6.45, 7) is 0. The maximum Gasteiger partial charge on any atom is 0.164 e. The summed E-state index contributed by atoms with van der Waals surface area (Å²) in [5, 5.41) is 12.7. The molecule has 0 bridgehead atoms. The van der Waals surface area contributed by atoms with Crippen molar-refractivity contribution in [1.29, 1.82) is 0 Å². The van der Waals surface area contributed by atoms with E-state index in [2.05, 4.69) is 194 Å². The lowest BCUT2D eigenvalue weighted by atomic mass is 9.87. The zero-order valence-electron chi connectivity index (χ0n) is 33.5. The molecule has 1 aliphatic carbocycles. The molecule has 286 valence electrons. The lowest BCUT2D eigenvalue weighted by molar-refractivity contribution is 1.07. The Labute approximate surface area is 358 Å². The van der Waals surface area contributed by atoms with E-state index in [1.165, 1.54) is 87.2 Å². The fourth-order valence-electron chi connectivity index (χ4n) is 10.0. The monoisotopic (exact) mass is 785 g/mol. The molecule has 1 heterocycles. The van der Waals surface area contributed by atoms with Crippen molar-refractivity contribution in [2.45, 2.75) is 0 Å². The Kier molecular flexibility index (Phi) is 7.60. The molecular weight excluding hydrogens is 751 g/mol. The maximum atomic E-state index is 5.14. The highest BCUT2D eigenvalue weighted by molar-refractivity contribution is 6.33. The van der Waals surface area contributed by atoms with Crippen LogP contribution in [0.15, 0.2) is 212 Å². The molecule has 0 atom stereocenters. The molecule has 1 aromatic heterocycles. The van der Waals surface area contributed by atoms with Crippen LogP contribution in [0.25, 0.3) is 133 Å². The van der Waals surface area contributed by atoms with Gasteiger partial charge in [-0.1, -0.05) is 206 Å². The van der Waals surface area contributed by atoms with E-state index in [0.717, 1.165) is 27.8 Å². The van der Waals surface area contributed by atoms with Crippen molar-refractivity contribution in [2.75, 3.05) is 0 Å². The molecule has 0 amide bonds. The van der Waals surface area contributed by atoms with Crippen molar-refractivity contribution in [3.63, 3.8) is 0 Å². The molecule has 62 heavy (non-hydrogen) atoms. The molecule has 0 saturated heterocycles. The number of benzene rings is 11. The van der Waals surface area contributed by atoms with Gasteiger partial charge in [-0.2, -0.15) is 0 Å². The van der Waals surface area contributed by atoms with Crippen molar-refractivity contribution in [2.24, 2.45) is 0 Å². The Morgan fingerprint density at radius 2 is 0.581 bits per heavy atom. The highest BCUT2D eigenvalue weighted by Gasteiger charge is 2.23. The maximum absolute atomic E-state index is 5.14. The van der Waals surface area contributed by atoms with Crippen LogP contribution < -0.4 is 0 Å². The van der Waals surface area contributed by atoms with Gasteiger partial charge in [-0.3, -0.25) is 0 Å². The third-order valence-electron chi connectivity index (χ3n) is 12.9. The Bertz CT molecular complexity index is 3750. The first-order chi connectivity index (χ1) is 30.7. The first-order valence-corrected chi connectivity index (χ1v) is 21.2. The molecule has 3 heteroatoms. The first kappa shape index (κ1) is 34.6. The Balaban J connectivity index is 0.911. The fraction of sp³-hybridized carbons (Fsp3) is 0. The van der Waals surface area contributed by atoms with Crippen LogP contribution >= 0.6 is 0 Å². The van der Waals surface area contributed by atoms with Crippen LogP contribution in [-0.2, 0) is 0 Å². The summed E-state index contributed by atoms with van der Waals surface area (Å²) in [7, 11) is 0. The molecule has 0 radical (unpaired) electrons. The Morgan fingerprint density at radius 1 is 0.194 bits per heavy atom. The zero-order chi connectivity index (χ0) is 40.7. The van der Waals surface area contributed by atoms with E-state index < -0.39 is 0 Å². The van der Waals surface area contributed by atoms with Crippen LogP contribution in [0.4, 0.5) is 0 Å². The van der Waals surface area contributed by atoms with E-state index in [9.17, 15) is 0 Å². The third kappa shape index (κ3) is 5.28. The second-order valence-electron chi connectivity index (χ2n) is 16.2. The topological polar surface area (TPSA) is 38.7 Å². The lowest BCUT2D eigenvalue weighted by Gasteiger charge is -2.16. The van der Waals surface area contributed by atoms with Crippen molar-refractivity contribution >= 4 is 53.9 Å². The number of rotatable bonds is 5. The standard InChI is InChI=1S/C59H35N3/c1-2-13-38(14-3-1)57-60-58(39-29-25-36(26-30-39)41-33-34-52-45-18-6-5-17-44(45)51-24-12-23-48(41)55(51)52)62-59(61-57)40-31-27-37(28-32-40)53-35-54-46-19-7-4-15-42(46)43-16-8-10-21-49(43)56(54)50-22-11-9-20-47(50)53/h1-35H. The normalized spacial score (nSPS) is 11.9. The van der Waals surface area contributed by atoms with Gasteiger partial charge in [0.15, 0.2) is 17.5 Å². The van der Waals surface area contributed by atoms with E-state index in [1.54, 1.807) is 0 Å². The van der Waals surface area contributed by atoms with Gasteiger partial charge in [-0.15, -0.1) is 0 Å². The SMILES string of the molecule is c1ccc(-c2nc(-c3ccc(-c4ccc5c6c(cccc46)-c4ccccc4-5)cc3)nc(-c3ccc(-c4cc5c6ccccc6c6ccccc6c5c5ccccc45)cc3)n2)cc1. The van der Waals surface area contributed by atoms with Crippen molar-refractivity contribution in [1.82, 2.24) is 15.0 Å². The molecule has 0 aliphatic heterocycles. The second-order valence-corrected chi connectivity index (χ2v) is 16.2. The van der Waals surface area contributed by atoms with Gasteiger partial charge >= 0.3 is 0 Å². The van der Waals surface area contributed by atoms with Crippen molar-refractivity contribution in [3.05, 3.63) is 212 Å². The van der Waals surface area contributed by atoms with Gasteiger partial charge in [0.2, 0.25) is 0 Å². The number of nitrogens with zero attached hydrogens (tertiary/aromatic N) is 3. The summed E-state index contributed by atoms with van der Waals surface area (Å²) >= 11 is 0. The third-order valence-corrected chi connectivity index (χ3v) is 12.9. The quantitative estimate of drug-likeness (QED) is 0.163. The van der Waals surface area contributed by atoms with Gasteiger partial charge < -0.3 is 0 Å². The minimum Gasteiger partial charge on any atom is -0.208 e. The minimum absolute atomic E-state index is 0.636. The van der Waals surface area contributed by atoms with Crippen LogP contribution in [0.2, 0.25) is 0 Å². The molecule has 0 saturated carbocycles. The van der Waals surface area contributed by atoms with Crippen LogP contribution in [0, 0.1) is 0 Å². The van der Waals surface area contributed by atoms with Gasteiger partial charge in [-0.05, 0) is 104 Å². The van der Waals surface area contributed by atoms with Gasteiger partial charge in [0.05, 0.1) is 0 Å². The smallest absolute Gasteiger partial charge is 0.164 e. The molecule has 11 aromatic carbocycles. The van der Waals surface area contributed by atoms with E-state index in [0.29, 0.717) is 17.5 Å². The molecular formula is C59H35N3. The minimum atomic E-state index is 0.636. The van der Waals surface area contributed by atoms with Crippen LogP contribution in [0.1, 0.15) is 0 Å². The molecule has 1 aliphatic rings. The summed E-state index contributed by atoms with van der Waals surface area (Å²) in [5.74, 6) is 1.92. The largest absolute Gasteiger partial charge is 0.208 e. The Morgan fingerprint density at radius 3 is 1.19 bits per heavy atom. The van der Waals surface area contributed by atoms with E-state index >= 15 is 0 Å². The highest BCUT2D eigenvalue weighted by atomic mass is 15.0.